The molecule has 0 saturated carbocycles. The fourth-order valence-electron chi connectivity index (χ4n) is 3.53. The van der Waals surface area contributed by atoms with E-state index in [0.29, 0.717) is 11.3 Å². The molecule has 2 rings (SSSR count). The second kappa shape index (κ2) is 13.7. The molecule has 1 aromatic carbocycles. The third-order valence-corrected chi connectivity index (χ3v) is 5.61. The molecular weight excluding hydrogens is 498 g/mol. The predicted molar refractivity (Wildman–Crippen MR) is 134 cm³/mol. The van der Waals surface area contributed by atoms with Gasteiger partial charge in [-0.3, -0.25) is 19.2 Å². The maximum absolute atomic E-state index is 13.3. The highest BCUT2D eigenvalue weighted by molar-refractivity contribution is 5.95. The smallest absolute Gasteiger partial charge is 0.326 e. The van der Waals surface area contributed by atoms with Crippen molar-refractivity contribution in [3.8, 4) is 5.75 Å². The Morgan fingerprint density at radius 2 is 1.53 bits per heavy atom. The normalized spacial score (nSPS) is 14.1. The van der Waals surface area contributed by atoms with Crippen LogP contribution in [0, 0.1) is 5.92 Å². The number of benzene rings is 1. The molecule has 0 radical (unpaired) electrons. The number of hydrogen-bond donors (Lipinski definition) is 8. The maximum atomic E-state index is 13.3. The molecule has 0 aliphatic rings. The second-order valence-corrected chi connectivity index (χ2v) is 9.12. The van der Waals surface area contributed by atoms with Crippen LogP contribution in [0.25, 0.3) is 0 Å². The van der Waals surface area contributed by atoms with Gasteiger partial charge in [-0.15, -0.1) is 0 Å². The van der Waals surface area contributed by atoms with Crippen LogP contribution < -0.4 is 27.4 Å². The molecule has 38 heavy (non-hydrogen) atoms. The Kier molecular flexibility index (Phi) is 10.8. The van der Waals surface area contributed by atoms with E-state index in [0.717, 1.165) is 0 Å². The van der Waals surface area contributed by atoms with Crippen molar-refractivity contribution in [1.29, 1.82) is 0 Å². The number of aliphatic carboxylic acids is 1. The number of carbonyl (C=O) groups excluding carboxylic acids is 4. The molecule has 4 amide bonds. The largest absolute Gasteiger partial charge is 0.508 e. The van der Waals surface area contributed by atoms with Crippen molar-refractivity contribution >= 4 is 29.6 Å². The molecule has 2 aromatic rings. The van der Waals surface area contributed by atoms with Crippen molar-refractivity contribution in [2.75, 3.05) is 0 Å². The first kappa shape index (κ1) is 29.8. The average molecular weight is 532 g/mol. The summed E-state index contributed by atoms with van der Waals surface area (Å²) in [6.45, 7) is 3.25. The van der Waals surface area contributed by atoms with Crippen LogP contribution in [0.15, 0.2) is 36.8 Å². The van der Waals surface area contributed by atoms with Crippen LogP contribution in [0.2, 0.25) is 0 Å². The van der Waals surface area contributed by atoms with Gasteiger partial charge in [-0.2, -0.15) is 0 Å². The molecule has 10 N–H and O–H groups in total. The Morgan fingerprint density at radius 1 is 0.947 bits per heavy atom. The fourth-order valence-corrected chi connectivity index (χ4v) is 3.53. The molecule has 0 aliphatic heterocycles. The molecule has 4 unspecified atom stereocenters. The van der Waals surface area contributed by atoms with Crippen LogP contribution in [0.1, 0.15) is 31.5 Å². The standard InChI is InChI=1S/C24H33N7O7/c1-12(2)20(24(37)38)31-23(36)17(7-13-3-5-15(32)6-4-13)30-22(35)18(8-14-10-27-11-28-14)29-21(34)16(25)9-19(26)33/h3-6,10-12,16-18,20,32H,7-9,25H2,1-2H3,(H2,26,33)(H,27,28)(H,29,34)(H,30,35)(H,31,36)(H,37,38). The summed E-state index contributed by atoms with van der Waals surface area (Å²) in [5.41, 5.74) is 11.9. The lowest BCUT2D eigenvalue weighted by Crippen LogP contribution is -2.58. The van der Waals surface area contributed by atoms with Gasteiger partial charge in [-0.05, 0) is 23.6 Å². The highest BCUT2D eigenvalue weighted by Crippen LogP contribution is 2.13. The minimum absolute atomic E-state index is 0.000769. The molecule has 0 fully saturated rings. The lowest BCUT2D eigenvalue weighted by atomic mass is 10.0. The van der Waals surface area contributed by atoms with Crippen molar-refractivity contribution in [3.05, 3.63) is 48.0 Å². The highest BCUT2D eigenvalue weighted by Gasteiger charge is 2.32. The van der Waals surface area contributed by atoms with Gasteiger partial charge in [0.05, 0.1) is 18.8 Å². The first-order chi connectivity index (χ1) is 17.9. The van der Waals surface area contributed by atoms with Gasteiger partial charge in [0, 0.05) is 24.7 Å². The third-order valence-electron chi connectivity index (χ3n) is 5.61. The number of hydrogen-bond acceptors (Lipinski definition) is 8. The van der Waals surface area contributed by atoms with Gasteiger partial charge in [-0.1, -0.05) is 26.0 Å². The number of imidazole rings is 1. The monoisotopic (exact) mass is 531 g/mol. The molecule has 14 nitrogen and oxygen atoms in total. The molecule has 4 atom stereocenters. The topological polar surface area (TPSA) is 243 Å². The van der Waals surface area contributed by atoms with E-state index in [-0.39, 0.29) is 18.6 Å². The molecule has 14 heteroatoms. The number of carboxylic acids is 1. The van der Waals surface area contributed by atoms with Crippen LogP contribution in [-0.2, 0) is 36.8 Å². The average Bonchev–Trinajstić information content (AvgIpc) is 3.35. The lowest BCUT2D eigenvalue weighted by Gasteiger charge is -2.26. The van der Waals surface area contributed by atoms with Crippen LogP contribution in [0.3, 0.4) is 0 Å². The number of aromatic amines is 1. The highest BCUT2D eigenvalue weighted by atomic mass is 16.4. The van der Waals surface area contributed by atoms with E-state index in [1.54, 1.807) is 26.0 Å². The SMILES string of the molecule is CC(C)C(NC(=O)C(Cc1ccc(O)cc1)NC(=O)C(Cc1cnc[nH]1)NC(=O)C(N)CC(N)=O)C(=O)O. The zero-order chi connectivity index (χ0) is 28.4. The zero-order valence-electron chi connectivity index (χ0n) is 21.0. The Hall–Kier alpha value is -4.46. The minimum Gasteiger partial charge on any atom is -0.508 e. The Bertz CT molecular complexity index is 1120. The van der Waals surface area contributed by atoms with E-state index in [2.05, 4.69) is 25.9 Å². The van der Waals surface area contributed by atoms with E-state index < -0.39 is 66.1 Å². The van der Waals surface area contributed by atoms with Crippen molar-refractivity contribution in [2.24, 2.45) is 17.4 Å². The number of nitrogens with zero attached hydrogens (tertiary/aromatic N) is 1. The van der Waals surface area contributed by atoms with Crippen molar-refractivity contribution in [1.82, 2.24) is 25.9 Å². The van der Waals surface area contributed by atoms with Crippen LogP contribution >= 0.6 is 0 Å². The van der Waals surface area contributed by atoms with E-state index in [1.807, 2.05) is 0 Å². The summed E-state index contributed by atoms with van der Waals surface area (Å²) in [5, 5.41) is 26.5. The van der Waals surface area contributed by atoms with Gasteiger partial charge < -0.3 is 42.6 Å². The summed E-state index contributed by atoms with van der Waals surface area (Å²) < 4.78 is 0. The Morgan fingerprint density at radius 3 is 2.05 bits per heavy atom. The van der Waals surface area contributed by atoms with Crippen molar-refractivity contribution < 1.29 is 34.2 Å². The molecule has 0 saturated heterocycles. The Labute approximate surface area is 218 Å². The number of H-pyrrole nitrogens is 1. The number of aromatic hydroxyl groups is 1. The van der Waals surface area contributed by atoms with E-state index in [9.17, 15) is 34.2 Å². The molecule has 1 aromatic heterocycles. The summed E-state index contributed by atoms with van der Waals surface area (Å²) in [5.74, 6) is -4.82. The molecular formula is C24H33N7O7. The minimum atomic E-state index is -1.30. The van der Waals surface area contributed by atoms with Crippen LogP contribution in [0.4, 0.5) is 0 Å². The predicted octanol–water partition coefficient (Wildman–Crippen LogP) is -1.70. The van der Waals surface area contributed by atoms with Gasteiger partial charge in [0.2, 0.25) is 23.6 Å². The maximum Gasteiger partial charge on any atom is 0.326 e. The second-order valence-electron chi connectivity index (χ2n) is 9.12. The number of nitrogens with one attached hydrogen (secondary N) is 4. The van der Waals surface area contributed by atoms with Gasteiger partial charge in [0.1, 0.15) is 23.9 Å². The number of rotatable bonds is 14. The summed E-state index contributed by atoms with van der Waals surface area (Å²) in [6, 6.07) is 0.906. The summed E-state index contributed by atoms with van der Waals surface area (Å²) in [4.78, 5) is 68.5. The summed E-state index contributed by atoms with van der Waals surface area (Å²) in [6.07, 6.45) is 2.27. The molecule has 0 spiro atoms. The molecule has 1 heterocycles. The number of carboxylic acid groups (broad SMARTS) is 1. The zero-order valence-corrected chi connectivity index (χ0v) is 21.0. The van der Waals surface area contributed by atoms with E-state index in [1.165, 1.54) is 24.7 Å². The summed E-state index contributed by atoms with van der Waals surface area (Å²) >= 11 is 0. The third kappa shape index (κ3) is 9.20. The number of phenols is 1. The van der Waals surface area contributed by atoms with Gasteiger partial charge in [-0.25, -0.2) is 9.78 Å². The van der Waals surface area contributed by atoms with Crippen molar-refractivity contribution in [3.63, 3.8) is 0 Å². The first-order valence-electron chi connectivity index (χ1n) is 11.8. The van der Waals surface area contributed by atoms with E-state index in [4.69, 9.17) is 11.5 Å². The number of carbonyl (C=O) groups is 5. The number of phenolic OH excluding ortho intramolecular Hbond substituents is 1. The number of nitrogens with two attached hydrogens (primary N) is 2. The van der Waals surface area contributed by atoms with Crippen LogP contribution in [-0.4, -0.2) is 73.9 Å². The lowest BCUT2D eigenvalue weighted by molar-refractivity contribution is -0.143. The van der Waals surface area contributed by atoms with Gasteiger partial charge in [0.25, 0.3) is 0 Å². The van der Waals surface area contributed by atoms with Crippen molar-refractivity contribution in [2.45, 2.75) is 57.3 Å². The number of aromatic nitrogens is 2. The molecule has 0 aliphatic carbocycles. The molecule has 0 bridgehead atoms. The van der Waals surface area contributed by atoms with E-state index >= 15 is 0 Å². The van der Waals surface area contributed by atoms with Gasteiger partial charge in [0.15, 0.2) is 0 Å². The Balaban J connectivity index is 2.30. The molecule has 206 valence electrons. The first-order valence-corrected chi connectivity index (χ1v) is 11.8. The summed E-state index contributed by atoms with van der Waals surface area (Å²) in [7, 11) is 0. The van der Waals surface area contributed by atoms with Crippen LogP contribution in [0.5, 0.6) is 5.75 Å². The number of amides is 4. The van der Waals surface area contributed by atoms with Gasteiger partial charge >= 0.3 is 5.97 Å². The number of primary amides is 1. The fraction of sp³-hybridized carbons (Fsp3) is 0.417. The quantitative estimate of drug-likeness (QED) is 0.138.